The van der Waals surface area contributed by atoms with Gasteiger partial charge in [0.1, 0.15) is 0 Å². The van der Waals surface area contributed by atoms with Crippen LogP contribution in [0.2, 0.25) is 0 Å². The number of carbonyl (C=O) groups excluding carboxylic acids is 1. The van der Waals surface area contributed by atoms with Crippen molar-refractivity contribution in [1.29, 1.82) is 0 Å². The first-order valence-electron chi connectivity index (χ1n) is 5.87. The van der Waals surface area contributed by atoms with Crippen LogP contribution in [-0.2, 0) is 4.79 Å². The second-order valence-electron chi connectivity index (χ2n) is 4.13. The number of oxazole rings is 1. The van der Waals surface area contributed by atoms with E-state index in [1.54, 1.807) is 0 Å². The van der Waals surface area contributed by atoms with Crippen molar-refractivity contribution in [2.45, 2.75) is 6.92 Å². The van der Waals surface area contributed by atoms with Gasteiger partial charge in [0.05, 0.1) is 0 Å². The number of hydrogen-bond donors (Lipinski definition) is 2. The fraction of sp³-hybridized carbons (Fsp3) is 0.0769. The Labute approximate surface area is 112 Å². The molecule has 0 fully saturated rings. The molecule has 20 heavy (non-hydrogen) atoms. The summed E-state index contributed by atoms with van der Waals surface area (Å²) in [7, 11) is 0. The summed E-state index contributed by atoms with van der Waals surface area (Å²) < 4.78 is 5.41. The van der Waals surface area contributed by atoms with Crippen LogP contribution in [0, 0.1) is 0 Å². The van der Waals surface area contributed by atoms with Crippen molar-refractivity contribution in [2.75, 3.05) is 5.32 Å². The minimum atomic E-state index is -0.492. The molecule has 1 amide bonds. The molecule has 2 N–H and O–H groups in total. The first-order valence-corrected chi connectivity index (χ1v) is 5.87. The maximum atomic E-state index is 11.8. The summed E-state index contributed by atoms with van der Waals surface area (Å²) in [6.07, 6.45) is 0. The zero-order valence-electron chi connectivity index (χ0n) is 10.5. The van der Waals surface area contributed by atoms with Crippen LogP contribution >= 0.6 is 0 Å². The lowest BCUT2D eigenvalue weighted by molar-refractivity contribution is -0.114. The summed E-state index contributed by atoms with van der Waals surface area (Å²) in [4.78, 5) is 33.4. The van der Waals surface area contributed by atoms with Crippen molar-refractivity contribution in [1.82, 2.24) is 15.0 Å². The molecule has 0 saturated heterocycles. The molecule has 7 nitrogen and oxygen atoms in total. The summed E-state index contributed by atoms with van der Waals surface area (Å²) in [5.74, 6) is 0.0146. The largest absolute Gasteiger partial charge is 0.428 e. The lowest BCUT2D eigenvalue weighted by Crippen LogP contribution is -2.15. The molecule has 0 saturated carbocycles. The van der Waals surface area contributed by atoms with E-state index in [-0.39, 0.29) is 23.1 Å². The third kappa shape index (κ3) is 2.16. The fourth-order valence-electron chi connectivity index (χ4n) is 1.76. The molecule has 0 unspecified atom stereocenters. The summed E-state index contributed by atoms with van der Waals surface area (Å²) in [6, 6.07) is 9.17. The Morgan fingerprint density at radius 3 is 2.70 bits per heavy atom. The van der Waals surface area contributed by atoms with Crippen molar-refractivity contribution < 1.29 is 9.21 Å². The molecule has 3 rings (SSSR count). The number of nitrogens with zero attached hydrogens (tertiary/aromatic N) is 2. The number of rotatable bonds is 2. The number of nitrogens with one attached hydrogen (secondary N) is 2. The molecule has 0 aliphatic carbocycles. The molecule has 0 aliphatic rings. The van der Waals surface area contributed by atoms with Gasteiger partial charge in [-0.2, -0.15) is 9.97 Å². The fourth-order valence-corrected chi connectivity index (χ4v) is 1.76. The Morgan fingerprint density at radius 2 is 2.00 bits per heavy atom. The molecule has 100 valence electrons. The highest BCUT2D eigenvalue weighted by molar-refractivity contribution is 5.87. The third-order valence-electron chi connectivity index (χ3n) is 2.58. The summed E-state index contributed by atoms with van der Waals surface area (Å²) in [6.45, 7) is 1.32. The first kappa shape index (κ1) is 12.1. The number of fused-ring (bicyclic) bond motifs is 1. The van der Waals surface area contributed by atoms with Crippen molar-refractivity contribution in [3.8, 4) is 11.5 Å². The van der Waals surface area contributed by atoms with Gasteiger partial charge in [-0.25, -0.2) is 0 Å². The van der Waals surface area contributed by atoms with Gasteiger partial charge in [0.15, 0.2) is 0 Å². The van der Waals surface area contributed by atoms with Crippen LogP contribution in [0.4, 0.5) is 5.95 Å². The van der Waals surface area contributed by atoms with Gasteiger partial charge in [0.2, 0.25) is 29.0 Å². The second kappa shape index (κ2) is 4.61. The number of anilines is 1. The van der Waals surface area contributed by atoms with Gasteiger partial charge >= 0.3 is 0 Å². The number of hydrogen-bond acceptors (Lipinski definition) is 5. The van der Waals surface area contributed by atoms with Gasteiger partial charge < -0.3 is 4.42 Å². The Bertz CT molecular complexity index is 836. The SMILES string of the molecule is CC(=O)Nc1nc2nc(-c3ccccc3)oc2c(=O)[nH]1. The van der Waals surface area contributed by atoms with E-state index in [1.807, 2.05) is 30.3 Å². The van der Waals surface area contributed by atoms with Crippen molar-refractivity contribution >= 4 is 23.1 Å². The van der Waals surface area contributed by atoms with Gasteiger partial charge in [-0.3, -0.25) is 19.9 Å². The third-order valence-corrected chi connectivity index (χ3v) is 2.58. The summed E-state index contributed by atoms with van der Waals surface area (Å²) in [5, 5.41) is 2.40. The summed E-state index contributed by atoms with van der Waals surface area (Å²) in [5.41, 5.74) is 0.425. The van der Waals surface area contributed by atoms with Crippen LogP contribution < -0.4 is 10.9 Å². The predicted molar refractivity (Wildman–Crippen MR) is 72.2 cm³/mol. The molecule has 0 bridgehead atoms. The zero-order chi connectivity index (χ0) is 14.1. The highest BCUT2D eigenvalue weighted by Crippen LogP contribution is 2.21. The molecule has 7 heteroatoms. The monoisotopic (exact) mass is 270 g/mol. The smallest absolute Gasteiger partial charge is 0.297 e. The van der Waals surface area contributed by atoms with E-state index in [9.17, 15) is 9.59 Å². The maximum Gasteiger partial charge on any atom is 0.297 e. The van der Waals surface area contributed by atoms with Gasteiger partial charge in [-0.05, 0) is 12.1 Å². The lowest BCUT2D eigenvalue weighted by Gasteiger charge is -1.98. The van der Waals surface area contributed by atoms with Crippen LogP contribution in [0.1, 0.15) is 6.92 Å². The molecular formula is C13H10N4O3. The van der Waals surface area contributed by atoms with Gasteiger partial charge in [0, 0.05) is 12.5 Å². The van der Waals surface area contributed by atoms with Crippen LogP contribution in [-0.4, -0.2) is 20.9 Å². The topological polar surface area (TPSA) is 101 Å². The van der Waals surface area contributed by atoms with Crippen LogP contribution in [0.25, 0.3) is 22.7 Å². The number of benzene rings is 1. The molecule has 2 heterocycles. The molecule has 0 spiro atoms. The van der Waals surface area contributed by atoms with E-state index in [4.69, 9.17) is 4.42 Å². The van der Waals surface area contributed by atoms with Gasteiger partial charge in [-0.1, -0.05) is 18.2 Å². The summed E-state index contributed by atoms with van der Waals surface area (Å²) >= 11 is 0. The number of carbonyl (C=O) groups is 1. The first-order chi connectivity index (χ1) is 9.63. The Balaban J connectivity index is 2.14. The van der Waals surface area contributed by atoms with Crippen molar-refractivity contribution in [2.24, 2.45) is 0 Å². The molecule has 0 aliphatic heterocycles. The normalized spacial score (nSPS) is 10.7. The molecular weight excluding hydrogens is 260 g/mol. The van der Waals surface area contributed by atoms with Crippen LogP contribution in [0.3, 0.4) is 0 Å². The van der Waals surface area contributed by atoms with Crippen molar-refractivity contribution in [3.63, 3.8) is 0 Å². The number of amides is 1. The molecule has 0 radical (unpaired) electrons. The van der Waals surface area contributed by atoms with Gasteiger partial charge in [-0.15, -0.1) is 0 Å². The van der Waals surface area contributed by atoms with Crippen LogP contribution in [0.5, 0.6) is 0 Å². The van der Waals surface area contributed by atoms with Crippen molar-refractivity contribution in [3.05, 3.63) is 40.7 Å². The lowest BCUT2D eigenvalue weighted by atomic mass is 10.2. The van der Waals surface area contributed by atoms with E-state index in [1.165, 1.54) is 6.92 Å². The highest BCUT2D eigenvalue weighted by atomic mass is 16.4. The Kier molecular flexibility index (Phi) is 2.79. The minimum absolute atomic E-state index is 0.0259. The number of aromatic amines is 1. The Morgan fingerprint density at radius 1 is 1.25 bits per heavy atom. The van der Waals surface area contributed by atoms with E-state index < -0.39 is 5.56 Å². The average Bonchev–Trinajstić information content (AvgIpc) is 2.83. The van der Waals surface area contributed by atoms with E-state index in [0.717, 1.165) is 5.56 Å². The van der Waals surface area contributed by atoms with E-state index >= 15 is 0 Å². The quantitative estimate of drug-likeness (QED) is 0.735. The van der Waals surface area contributed by atoms with Crippen LogP contribution in [0.15, 0.2) is 39.5 Å². The van der Waals surface area contributed by atoms with E-state index in [2.05, 4.69) is 20.3 Å². The minimum Gasteiger partial charge on any atom is -0.428 e. The predicted octanol–water partition coefficient (Wildman–Crippen LogP) is 1.54. The Hall–Kier alpha value is -2.96. The standard InChI is InChI=1S/C13H10N4O3/c1-7(18)14-13-16-10-9(11(19)17-13)20-12(15-10)8-5-3-2-4-6-8/h2-6H,1H3,(H2,14,16,17,18,19). The van der Waals surface area contributed by atoms with E-state index in [0.29, 0.717) is 5.89 Å². The average molecular weight is 270 g/mol. The zero-order valence-corrected chi connectivity index (χ0v) is 10.5. The maximum absolute atomic E-state index is 11.8. The number of aromatic nitrogens is 3. The molecule has 1 aromatic carbocycles. The second-order valence-corrected chi connectivity index (χ2v) is 4.13. The molecule has 2 aromatic heterocycles. The van der Waals surface area contributed by atoms with Gasteiger partial charge in [0.25, 0.3) is 5.56 Å². The highest BCUT2D eigenvalue weighted by Gasteiger charge is 2.13. The number of H-pyrrole nitrogens is 1. The molecule has 3 aromatic rings. The molecule has 0 atom stereocenters.